The summed E-state index contributed by atoms with van der Waals surface area (Å²) in [6.45, 7) is 6.73. The third kappa shape index (κ3) is 3.96. The summed E-state index contributed by atoms with van der Waals surface area (Å²) in [7, 11) is 0. The zero-order valence-electron chi connectivity index (χ0n) is 16.9. The van der Waals surface area contributed by atoms with Crippen LogP contribution in [0.1, 0.15) is 39.0 Å². The number of rotatable bonds is 5. The number of imidazole rings is 1. The van der Waals surface area contributed by atoms with Crippen LogP contribution < -0.4 is 5.73 Å². The lowest BCUT2D eigenvalue weighted by Gasteiger charge is -2.36. The maximum atomic E-state index is 10.8. The van der Waals surface area contributed by atoms with Crippen LogP contribution in [0.25, 0.3) is 11.2 Å². The number of aliphatic hydroxyl groups is 1. The molecule has 2 aromatic heterocycles. The number of aliphatic hydroxyl groups excluding tert-OH is 1. The van der Waals surface area contributed by atoms with E-state index >= 15 is 0 Å². The van der Waals surface area contributed by atoms with Gasteiger partial charge in [0, 0.05) is 6.42 Å². The van der Waals surface area contributed by atoms with Gasteiger partial charge in [0.05, 0.1) is 25.1 Å². The topological polar surface area (TPSA) is 108 Å². The van der Waals surface area contributed by atoms with Crippen molar-refractivity contribution in [3.05, 3.63) is 48.5 Å². The summed E-state index contributed by atoms with van der Waals surface area (Å²) in [4.78, 5) is 12.6. The molecule has 1 aromatic carbocycles. The second kappa shape index (κ2) is 7.70. The Morgan fingerprint density at radius 1 is 1.24 bits per heavy atom. The number of ether oxygens (including phenoxy) is 2. The number of hydrogen-bond donors (Lipinski definition) is 2. The van der Waals surface area contributed by atoms with Crippen molar-refractivity contribution in [3.63, 3.8) is 0 Å². The molecule has 0 radical (unpaired) electrons. The Morgan fingerprint density at radius 3 is 2.72 bits per heavy atom. The van der Waals surface area contributed by atoms with Crippen molar-refractivity contribution >= 4 is 17.0 Å². The van der Waals surface area contributed by atoms with Crippen LogP contribution >= 0.6 is 0 Å². The first kappa shape index (κ1) is 19.8. The van der Waals surface area contributed by atoms with Gasteiger partial charge < -0.3 is 20.3 Å². The number of aromatic nitrogens is 4. The molecule has 0 bridgehead atoms. The number of nitrogens with two attached hydrogens (primary N) is 1. The van der Waals surface area contributed by atoms with Crippen molar-refractivity contribution in [2.24, 2.45) is 5.41 Å². The second-order valence-corrected chi connectivity index (χ2v) is 8.52. The molecule has 8 heteroatoms. The van der Waals surface area contributed by atoms with E-state index in [4.69, 9.17) is 15.2 Å². The second-order valence-electron chi connectivity index (χ2n) is 8.52. The third-order valence-electron chi connectivity index (χ3n) is 5.26. The molecule has 1 aliphatic rings. The number of hydrogen-bond acceptors (Lipinski definition) is 7. The van der Waals surface area contributed by atoms with Crippen LogP contribution in [0.4, 0.5) is 5.82 Å². The van der Waals surface area contributed by atoms with Gasteiger partial charge in [-0.2, -0.15) is 0 Å². The number of anilines is 1. The molecular formula is C21H27N5O3. The van der Waals surface area contributed by atoms with Crippen LogP contribution in [0, 0.1) is 5.41 Å². The molecule has 8 nitrogen and oxygen atoms in total. The first-order chi connectivity index (χ1) is 13.8. The molecule has 1 fully saturated rings. The third-order valence-corrected chi connectivity index (χ3v) is 5.26. The predicted octanol–water partition coefficient (Wildman–Crippen LogP) is 2.69. The van der Waals surface area contributed by atoms with Gasteiger partial charge in [0.15, 0.2) is 11.5 Å². The fourth-order valence-electron chi connectivity index (χ4n) is 3.80. The summed E-state index contributed by atoms with van der Waals surface area (Å²) in [6.07, 6.45) is 1.61. The van der Waals surface area contributed by atoms with Gasteiger partial charge in [-0.15, -0.1) is 0 Å². The lowest BCUT2D eigenvalue weighted by molar-refractivity contribution is -0.147. The van der Waals surface area contributed by atoms with Gasteiger partial charge >= 0.3 is 0 Å². The quantitative estimate of drug-likeness (QED) is 0.681. The van der Waals surface area contributed by atoms with Crippen LogP contribution in [0.15, 0.2) is 43.0 Å². The van der Waals surface area contributed by atoms with Crippen molar-refractivity contribution < 1.29 is 14.6 Å². The zero-order valence-corrected chi connectivity index (χ0v) is 16.9. The molecule has 0 saturated carbocycles. The van der Waals surface area contributed by atoms with Crippen molar-refractivity contribution in [2.45, 2.75) is 58.3 Å². The molecule has 1 aliphatic heterocycles. The highest BCUT2D eigenvalue weighted by Gasteiger charge is 2.45. The highest BCUT2D eigenvalue weighted by atomic mass is 16.6. The molecule has 0 amide bonds. The molecule has 3 aromatic rings. The van der Waals surface area contributed by atoms with Gasteiger partial charge in [-0.05, 0) is 11.0 Å². The number of nitrogen functional groups attached to an aromatic ring is 1. The SMILES string of the molecule is CC(C)(C)C(OCc1ccccc1)[C@H]1O[C@@H](n2cnc3c(N)ncnc32)C[C@@H]1O. The predicted molar refractivity (Wildman–Crippen MR) is 109 cm³/mol. The van der Waals surface area contributed by atoms with E-state index in [1.807, 2.05) is 30.3 Å². The fourth-order valence-corrected chi connectivity index (χ4v) is 3.80. The molecule has 3 N–H and O–H groups in total. The highest BCUT2D eigenvalue weighted by Crippen LogP contribution is 2.38. The lowest BCUT2D eigenvalue weighted by atomic mass is 9.84. The van der Waals surface area contributed by atoms with Crippen molar-refractivity contribution in [1.82, 2.24) is 19.5 Å². The van der Waals surface area contributed by atoms with Crippen LogP contribution in [-0.4, -0.2) is 42.9 Å². The Balaban J connectivity index is 1.55. The molecule has 29 heavy (non-hydrogen) atoms. The molecule has 1 unspecified atom stereocenters. The smallest absolute Gasteiger partial charge is 0.167 e. The van der Waals surface area contributed by atoms with Crippen LogP contribution in [0.3, 0.4) is 0 Å². The minimum atomic E-state index is -0.670. The van der Waals surface area contributed by atoms with Crippen LogP contribution in [0.5, 0.6) is 0 Å². The monoisotopic (exact) mass is 397 g/mol. The first-order valence-corrected chi connectivity index (χ1v) is 9.76. The fraction of sp³-hybridized carbons (Fsp3) is 0.476. The number of nitrogens with zero attached hydrogens (tertiary/aromatic N) is 4. The Labute approximate surface area is 169 Å². The van der Waals surface area contributed by atoms with Gasteiger partial charge in [0.25, 0.3) is 0 Å². The minimum absolute atomic E-state index is 0.223. The van der Waals surface area contributed by atoms with E-state index in [0.717, 1.165) is 5.56 Å². The maximum absolute atomic E-state index is 10.8. The summed E-state index contributed by atoms with van der Waals surface area (Å²) in [5, 5.41) is 10.8. The number of fused-ring (bicyclic) bond motifs is 1. The summed E-state index contributed by atoms with van der Waals surface area (Å²) in [5.74, 6) is 0.322. The van der Waals surface area contributed by atoms with E-state index < -0.39 is 18.4 Å². The van der Waals surface area contributed by atoms with Crippen molar-refractivity contribution in [1.29, 1.82) is 0 Å². The highest BCUT2D eigenvalue weighted by molar-refractivity contribution is 5.81. The maximum Gasteiger partial charge on any atom is 0.167 e. The molecule has 4 rings (SSSR count). The normalized spacial score (nSPS) is 23.5. The van der Waals surface area contributed by atoms with Crippen LogP contribution in [-0.2, 0) is 16.1 Å². The molecule has 3 heterocycles. The molecule has 0 spiro atoms. The van der Waals surface area contributed by atoms with E-state index in [2.05, 4.69) is 35.7 Å². The van der Waals surface area contributed by atoms with Gasteiger partial charge in [0.1, 0.15) is 24.2 Å². The van der Waals surface area contributed by atoms with Crippen LogP contribution in [0.2, 0.25) is 0 Å². The minimum Gasteiger partial charge on any atom is -0.390 e. The van der Waals surface area contributed by atoms with Crippen molar-refractivity contribution in [3.8, 4) is 0 Å². The zero-order chi connectivity index (χ0) is 20.6. The van der Waals surface area contributed by atoms with Gasteiger partial charge in [-0.25, -0.2) is 15.0 Å². The Morgan fingerprint density at radius 2 is 2.00 bits per heavy atom. The standard InChI is InChI=1S/C21H27N5O3/c1-21(2,3)18(28-10-13-7-5-4-6-8-13)17-14(27)9-15(29-17)26-12-25-16-19(22)23-11-24-20(16)26/h4-8,11-12,14-15,17-18,27H,9-10H2,1-3H3,(H2,22,23,24)/t14-,15+,17-,18?/m0/s1. The largest absolute Gasteiger partial charge is 0.390 e. The average molecular weight is 397 g/mol. The van der Waals surface area contributed by atoms with Gasteiger partial charge in [-0.3, -0.25) is 4.57 Å². The molecule has 0 aliphatic carbocycles. The van der Waals surface area contributed by atoms with E-state index in [1.165, 1.54) is 6.33 Å². The lowest BCUT2D eigenvalue weighted by Crippen LogP contribution is -2.44. The molecule has 4 atom stereocenters. The van der Waals surface area contributed by atoms with Gasteiger partial charge in [0.2, 0.25) is 0 Å². The summed E-state index contributed by atoms with van der Waals surface area (Å²) in [5.41, 5.74) is 7.86. The molecule has 1 saturated heterocycles. The van der Waals surface area contributed by atoms with Gasteiger partial charge in [-0.1, -0.05) is 51.1 Å². The molecular weight excluding hydrogens is 370 g/mol. The Kier molecular flexibility index (Phi) is 5.24. The Bertz CT molecular complexity index is 969. The molecule has 154 valence electrons. The van der Waals surface area contributed by atoms with E-state index in [9.17, 15) is 5.11 Å². The first-order valence-electron chi connectivity index (χ1n) is 9.76. The Hall–Kier alpha value is -2.55. The van der Waals surface area contributed by atoms with Crippen molar-refractivity contribution in [2.75, 3.05) is 5.73 Å². The average Bonchev–Trinajstić information content (AvgIpc) is 3.26. The van der Waals surface area contributed by atoms with E-state index in [-0.39, 0.29) is 11.5 Å². The number of benzene rings is 1. The van der Waals surface area contributed by atoms with E-state index in [1.54, 1.807) is 10.9 Å². The summed E-state index contributed by atoms with van der Waals surface area (Å²) < 4.78 is 14.4. The summed E-state index contributed by atoms with van der Waals surface area (Å²) >= 11 is 0. The van der Waals surface area contributed by atoms with E-state index in [0.29, 0.717) is 30.0 Å². The summed E-state index contributed by atoms with van der Waals surface area (Å²) in [6, 6.07) is 10.00.